The Bertz CT molecular complexity index is 615. The molecule has 2 aromatic rings. The number of halogens is 2. The lowest BCUT2D eigenvalue weighted by molar-refractivity contribution is 0.414. The van der Waals surface area contributed by atoms with Crippen molar-refractivity contribution in [2.24, 2.45) is 0 Å². The van der Waals surface area contributed by atoms with Crippen LogP contribution in [0.3, 0.4) is 0 Å². The van der Waals surface area contributed by atoms with E-state index >= 15 is 0 Å². The predicted octanol–water partition coefficient (Wildman–Crippen LogP) is 4.00. The summed E-state index contributed by atoms with van der Waals surface area (Å²) in [7, 11) is 1.60. The fraction of sp³-hybridized carbons (Fsp3) is 0.286. The van der Waals surface area contributed by atoms with Crippen LogP contribution in [0.25, 0.3) is 0 Å². The minimum absolute atomic E-state index is 0.277. The second-order valence-corrected chi connectivity index (χ2v) is 5.04. The molecule has 3 nitrogen and oxygen atoms in total. The fourth-order valence-electron chi connectivity index (χ4n) is 1.83. The largest absolute Gasteiger partial charge is 0.495 e. The van der Waals surface area contributed by atoms with Crippen molar-refractivity contribution in [1.82, 2.24) is 9.97 Å². The van der Waals surface area contributed by atoms with E-state index in [0.29, 0.717) is 17.2 Å². The van der Waals surface area contributed by atoms with Crippen molar-refractivity contribution < 1.29 is 4.74 Å². The molecular formula is C14H14Cl2N2O. The van der Waals surface area contributed by atoms with Crippen molar-refractivity contribution in [2.45, 2.75) is 20.3 Å². The summed E-state index contributed by atoms with van der Waals surface area (Å²) in [5, 5.41) is 0.874. The van der Waals surface area contributed by atoms with E-state index in [4.69, 9.17) is 27.9 Å². The van der Waals surface area contributed by atoms with Gasteiger partial charge in [-0.1, -0.05) is 17.7 Å². The van der Waals surface area contributed by atoms with Gasteiger partial charge in [0.25, 0.3) is 0 Å². The van der Waals surface area contributed by atoms with E-state index in [0.717, 1.165) is 22.5 Å². The number of ether oxygens (including phenoxy) is 1. The number of nitrogens with zero attached hydrogens (tertiary/aromatic N) is 2. The molecule has 5 heteroatoms. The number of hydrogen-bond acceptors (Lipinski definition) is 3. The van der Waals surface area contributed by atoms with Gasteiger partial charge >= 0.3 is 0 Å². The third kappa shape index (κ3) is 3.17. The lowest BCUT2D eigenvalue weighted by Crippen LogP contribution is -2.02. The molecule has 0 radical (unpaired) electrons. The zero-order chi connectivity index (χ0) is 14.0. The van der Waals surface area contributed by atoms with Crippen LogP contribution in [-0.4, -0.2) is 17.1 Å². The normalized spacial score (nSPS) is 10.6. The first-order valence-electron chi connectivity index (χ1n) is 5.83. The molecule has 100 valence electrons. The fourth-order valence-corrected chi connectivity index (χ4v) is 2.25. The minimum Gasteiger partial charge on any atom is -0.495 e. The molecule has 0 saturated heterocycles. The van der Waals surface area contributed by atoms with E-state index in [9.17, 15) is 0 Å². The summed E-state index contributed by atoms with van der Waals surface area (Å²) in [5.74, 6) is 0.661. The van der Waals surface area contributed by atoms with Crippen LogP contribution >= 0.6 is 23.2 Å². The summed E-state index contributed by atoms with van der Waals surface area (Å²) >= 11 is 11.9. The number of aryl methyl sites for hydroxylation is 1. The maximum absolute atomic E-state index is 6.01. The minimum atomic E-state index is 0.277. The van der Waals surface area contributed by atoms with Crippen molar-refractivity contribution in [1.29, 1.82) is 0 Å². The number of rotatable bonds is 3. The first kappa shape index (κ1) is 14.1. The van der Waals surface area contributed by atoms with Crippen LogP contribution in [0.4, 0.5) is 0 Å². The molecular weight excluding hydrogens is 283 g/mol. The Kier molecular flexibility index (Phi) is 4.27. The van der Waals surface area contributed by atoms with Crippen LogP contribution in [0, 0.1) is 13.8 Å². The van der Waals surface area contributed by atoms with E-state index in [1.54, 1.807) is 7.11 Å². The lowest BCUT2D eigenvalue weighted by Gasteiger charge is -2.09. The molecule has 0 fully saturated rings. The molecule has 0 aliphatic heterocycles. The summed E-state index contributed by atoms with van der Waals surface area (Å²) in [5.41, 5.74) is 3.94. The maximum Gasteiger partial charge on any atom is 0.222 e. The first-order valence-corrected chi connectivity index (χ1v) is 6.59. The second kappa shape index (κ2) is 5.76. The molecule has 2 rings (SSSR count). The average Bonchev–Trinajstić information content (AvgIpc) is 2.37. The van der Waals surface area contributed by atoms with Gasteiger partial charge in [-0.2, -0.15) is 0 Å². The number of hydrogen-bond donors (Lipinski definition) is 0. The van der Waals surface area contributed by atoms with E-state index in [1.807, 2.05) is 32.0 Å². The van der Waals surface area contributed by atoms with Gasteiger partial charge in [-0.15, -0.1) is 0 Å². The molecule has 0 unspecified atom stereocenters. The molecule has 1 heterocycles. The van der Waals surface area contributed by atoms with E-state index in [1.165, 1.54) is 0 Å². The molecule has 0 spiro atoms. The highest BCUT2D eigenvalue weighted by Gasteiger charge is 2.09. The third-order valence-corrected chi connectivity index (χ3v) is 3.53. The summed E-state index contributed by atoms with van der Waals surface area (Å²) in [6.07, 6.45) is 0.669. The van der Waals surface area contributed by atoms with Gasteiger partial charge in [-0.3, -0.25) is 0 Å². The predicted molar refractivity (Wildman–Crippen MR) is 77.3 cm³/mol. The van der Waals surface area contributed by atoms with E-state index < -0.39 is 0 Å². The molecule has 0 saturated carbocycles. The van der Waals surface area contributed by atoms with Gasteiger partial charge in [0.15, 0.2) is 0 Å². The lowest BCUT2D eigenvalue weighted by atomic mass is 10.1. The molecule has 0 aliphatic rings. The van der Waals surface area contributed by atoms with E-state index in [-0.39, 0.29) is 5.28 Å². The SMILES string of the molecule is COc1cc(Cc2nc(Cl)nc(C)c2C)ccc1Cl. The highest BCUT2D eigenvalue weighted by molar-refractivity contribution is 6.32. The number of methoxy groups -OCH3 is 1. The van der Waals surface area contributed by atoms with Crippen molar-refractivity contribution in [3.63, 3.8) is 0 Å². The van der Waals surface area contributed by atoms with Gasteiger partial charge in [0, 0.05) is 12.1 Å². The molecule has 1 aromatic carbocycles. The van der Waals surface area contributed by atoms with Gasteiger partial charge in [-0.25, -0.2) is 9.97 Å². The van der Waals surface area contributed by atoms with Gasteiger partial charge in [0.1, 0.15) is 5.75 Å². The molecule has 0 atom stereocenters. The Morgan fingerprint density at radius 2 is 1.89 bits per heavy atom. The summed E-state index contributed by atoms with van der Waals surface area (Å²) < 4.78 is 5.21. The Labute approximate surface area is 122 Å². The number of benzene rings is 1. The Hall–Kier alpha value is -1.32. The Morgan fingerprint density at radius 3 is 2.58 bits per heavy atom. The van der Waals surface area contributed by atoms with Crippen LogP contribution < -0.4 is 4.74 Å². The second-order valence-electron chi connectivity index (χ2n) is 4.30. The van der Waals surface area contributed by atoms with Crippen molar-refractivity contribution in [3.05, 3.63) is 51.0 Å². The zero-order valence-corrected chi connectivity index (χ0v) is 12.5. The molecule has 0 N–H and O–H groups in total. The summed E-state index contributed by atoms with van der Waals surface area (Å²) in [6.45, 7) is 3.92. The molecule has 0 amide bonds. The average molecular weight is 297 g/mol. The zero-order valence-electron chi connectivity index (χ0n) is 11.0. The van der Waals surface area contributed by atoms with Gasteiger partial charge in [0.2, 0.25) is 5.28 Å². The van der Waals surface area contributed by atoms with Crippen molar-refractivity contribution >= 4 is 23.2 Å². The van der Waals surface area contributed by atoms with Crippen molar-refractivity contribution in [2.75, 3.05) is 7.11 Å². The van der Waals surface area contributed by atoms with Crippen LogP contribution in [0.2, 0.25) is 10.3 Å². The Balaban J connectivity index is 2.36. The maximum atomic E-state index is 6.01. The summed E-state index contributed by atoms with van der Waals surface area (Å²) in [6, 6.07) is 5.68. The van der Waals surface area contributed by atoms with Crippen LogP contribution in [0.1, 0.15) is 22.5 Å². The van der Waals surface area contributed by atoms with Crippen LogP contribution in [-0.2, 0) is 6.42 Å². The van der Waals surface area contributed by atoms with E-state index in [2.05, 4.69) is 9.97 Å². The van der Waals surface area contributed by atoms with Gasteiger partial charge < -0.3 is 4.74 Å². The van der Waals surface area contributed by atoms with Crippen LogP contribution in [0.15, 0.2) is 18.2 Å². The highest BCUT2D eigenvalue weighted by Crippen LogP contribution is 2.26. The monoisotopic (exact) mass is 296 g/mol. The first-order chi connectivity index (χ1) is 9.01. The Morgan fingerprint density at radius 1 is 1.16 bits per heavy atom. The molecule has 1 aromatic heterocycles. The quantitative estimate of drug-likeness (QED) is 0.803. The number of aromatic nitrogens is 2. The topological polar surface area (TPSA) is 35.0 Å². The standard InChI is InChI=1S/C14H14Cl2N2O/c1-8-9(2)17-14(16)18-12(8)6-10-4-5-11(15)13(7-10)19-3/h4-5,7H,6H2,1-3H3. The highest BCUT2D eigenvalue weighted by atomic mass is 35.5. The van der Waals surface area contributed by atoms with Crippen molar-refractivity contribution in [3.8, 4) is 5.75 Å². The molecule has 0 bridgehead atoms. The summed E-state index contributed by atoms with van der Waals surface area (Å²) in [4.78, 5) is 8.42. The smallest absolute Gasteiger partial charge is 0.222 e. The third-order valence-electron chi connectivity index (χ3n) is 3.05. The molecule has 0 aliphatic carbocycles. The van der Waals surface area contributed by atoms with Crippen LogP contribution in [0.5, 0.6) is 5.75 Å². The van der Waals surface area contributed by atoms with Gasteiger partial charge in [0.05, 0.1) is 17.8 Å². The molecule has 19 heavy (non-hydrogen) atoms. The van der Waals surface area contributed by atoms with Gasteiger partial charge in [-0.05, 0) is 48.7 Å².